The Hall–Kier alpha value is -2.26. The fourth-order valence-corrected chi connectivity index (χ4v) is 4.06. The zero-order valence-electron chi connectivity index (χ0n) is 14.0. The van der Waals surface area contributed by atoms with E-state index in [1.54, 1.807) is 18.3 Å². The van der Waals surface area contributed by atoms with E-state index in [9.17, 15) is 5.11 Å². The van der Waals surface area contributed by atoms with E-state index >= 15 is 0 Å². The van der Waals surface area contributed by atoms with E-state index in [1.165, 1.54) is 5.56 Å². The van der Waals surface area contributed by atoms with Crippen LogP contribution in [-0.4, -0.2) is 40.3 Å². The smallest absolute Gasteiger partial charge is 0.110 e. The number of aromatic nitrogens is 1. The number of rotatable bonds is 3. The predicted octanol–water partition coefficient (Wildman–Crippen LogP) is 2.20. The van der Waals surface area contributed by atoms with E-state index in [1.807, 2.05) is 6.07 Å². The first-order valence-electron chi connectivity index (χ1n) is 8.64. The fourth-order valence-electron chi connectivity index (χ4n) is 4.06. The van der Waals surface area contributed by atoms with Crippen LogP contribution in [-0.2, 0) is 16.9 Å². The number of nitrogens with zero attached hydrogens (tertiary/aromatic N) is 3. The maximum atomic E-state index is 11.3. The Morgan fingerprint density at radius 3 is 2.60 bits per heavy atom. The Kier molecular flexibility index (Phi) is 4.26. The van der Waals surface area contributed by atoms with Gasteiger partial charge >= 0.3 is 0 Å². The number of benzene rings is 1. The summed E-state index contributed by atoms with van der Waals surface area (Å²) in [4.78, 5) is 6.80. The highest BCUT2D eigenvalue weighted by Gasteiger charge is 2.47. The molecule has 3 heterocycles. The molecule has 128 valence electrons. The van der Waals surface area contributed by atoms with Crippen molar-refractivity contribution in [2.75, 3.05) is 13.2 Å². The largest absolute Gasteiger partial charge is 0.383 e. The van der Waals surface area contributed by atoms with Crippen molar-refractivity contribution in [3.63, 3.8) is 0 Å². The van der Waals surface area contributed by atoms with Crippen LogP contribution in [0.1, 0.15) is 29.7 Å². The maximum Gasteiger partial charge on any atom is 0.110 e. The number of nitriles is 1. The van der Waals surface area contributed by atoms with Crippen LogP contribution in [0.5, 0.6) is 0 Å². The van der Waals surface area contributed by atoms with Crippen molar-refractivity contribution in [2.24, 2.45) is 0 Å². The van der Waals surface area contributed by atoms with Crippen LogP contribution >= 0.6 is 0 Å². The fraction of sp³-hybridized carbons (Fsp3) is 0.400. The van der Waals surface area contributed by atoms with Crippen molar-refractivity contribution >= 4 is 0 Å². The number of aliphatic hydroxyl groups is 1. The van der Waals surface area contributed by atoms with Crippen LogP contribution < -0.4 is 0 Å². The molecule has 0 amide bonds. The van der Waals surface area contributed by atoms with Crippen LogP contribution in [0.4, 0.5) is 0 Å². The van der Waals surface area contributed by atoms with Gasteiger partial charge in [-0.3, -0.25) is 9.88 Å². The molecular formula is C20H21N3O2. The normalized spacial score (nSPS) is 29.1. The van der Waals surface area contributed by atoms with Gasteiger partial charge in [0.15, 0.2) is 0 Å². The monoisotopic (exact) mass is 335 g/mol. The number of fused-ring (bicyclic) bond motifs is 2. The zero-order chi connectivity index (χ0) is 17.3. The lowest BCUT2D eigenvalue weighted by Gasteiger charge is -2.51. The van der Waals surface area contributed by atoms with Crippen molar-refractivity contribution in [1.82, 2.24) is 9.88 Å². The molecule has 2 saturated heterocycles. The summed E-state index contributed by atoms with van der Waals surface area (Å²) in [6, 6.07) is 16.2. The number of piperidine rings is 1. The van der Waals surface area contributed by atoms with Gasteiger partial charge < -0.3 is 9.84 Å². The second-order valence-corrected chi connectivity index (χ2v) is 6.98. The molecule has 0 spiro atoms. The topological polar surface area (TPSA) is 69.4 Å². The summed E-state index contributed by atoms with van der Waals surface area (Å²) in [5.74, 6) is 0. The lowest BCUT2D eigenvalue weighted by molar-refractivity contribution is -0.150. The summed E-state index contributed by atoms with van der Waals surface area (Å²) in [5.41, 5.74) is 1.41. The van der Waals surface area contributed by atoms with Crippen molar-refractivity contribution in [2.45, 2.75) is 37.1 Å². The van der Waals surface area contributed by atoms with Gasteiger partial charge in [-0.25, -0.2) is 0 Å². The van der Waals surface area contributed by atoms with Gasteiger partial charge in [-0.1, -0.05) is 30.3 Å². The summed E-state index contributed by atoms with van der Waals surface area (Å²) in [6.45, 7) is 2.09. The Balaban J connectivity index is 1.59. The number of hydrogen-bond donors (Lipinski definition) is 1. The molecule has 4 rings (SSSR count). The van der Waals surface area contributed by atoms with Gasteiger partial charge in [0.2, 0.25) is 0 Å². The molecule has 0 radical (unpaired) electrons. The van der Waals surface area contributed by atoms with Gasteiger partial charge in [0.1, 0.15) is 5.60 Å². The quantitative estimate of drug-likeness (QED) is 0.931. The molecule has 1 aromatic carbocycles. The molecule has 1 aromatic heterocycles. The number of morpholine rings is 1. The third kappa shape index (κ3) is 3.16. The Bertz CT molecular complexity index is 773. The summed E-state index contributed by atoms with van der Waals surface area (Å²) in [6.07, 6.45) is 2.74. The van der Waals surface area contributed by atoms with Gasteiger partial charge in [-0.05, 0) is 30.5 Å². The van der Waals surface area contributed by atoms with Gasteiger partial charge in [-0.2, -0.15) is 5.26 Å². The summed E-state index contributed by atoms with van der Waals surface area (Å²) in [7, 11) is 0. The molecule has 2 unspecified atom stereocenters. The van der Waals surface area contributed by atoms with Crippen LogP contribution in [0.3, 0.4) is 0 Å². The van der Waals surface area contributed by atoms with Crippen molar-refractivity contribution in [1.29, 1.82) is 5.26 Å². The minimum absolute atomic E-state index is 0.144. The van der Waals surface area contributed by atoms with Crippen molar-refractivity contribution in [3.8, 4) is 6.07 Å². The molecule has 5 heteroatoms. The van der Waals surface area contributed by atoms with Gasteiger partial charge in [0.05, 0.1) is 30.5 Å². The van der Waals surface area contributed by atoms with E-state index in [0.717, 1.165) is 6.54 Å². The molecule has 0 aliphatic carbocycles. The number of hydrogen-bond acceptors (Lipinski definition) is 5. The van der Waals surface area contributed by atoms with Gasteiger partial charge in [0.25, 0.3) is 0 Å². The first-order valence-corrected chi connectivity index (χ1v) is 8.64. The lowest BCUT2D eigenvalue weighted by Crippen LogP contribution is -2.60. The molecule has 2 aliphatic rings. The molecular weight excluding hydrogens is 314 g/mol. The standard InChI is InChI=1S/C20H21N3O2/c21-11-16-6-7-22-19(8-16)20(24)9-17-13-25-14-18(10-20)23(17)12-15-4-2-1-3-5-15/h1-8,17-18,24H,9-10,12-14H2. The molecule has 2 atom stereocenters. The van der Waals surface area contributed by atoms with Crippen LogP contribution in [0, 0.1) is 11.3 Å². The van der Waals surface area contributed by atoms with E-state index in [-0.39, 0.29) is 12.1 Å². The first kappa shape index (κ1) is 16.2. The number of ether oxygens (including phenoxy) is 1. The van der Waals surface area contributed by atoms with Gasteiger partial charge in [-0.15, -0.1) is 0 Å². The minimum atomic E-state index is -1.00. The molecule has 2 aromatic rings. The maximum absolute atomic E-state index is 11.3. The Morgan fingerprint density at radius 2 is 1.92 bits per heavy atom. The average molecular weight is 335 g/mol. The minimum Gasteiger partial charge on any atom is -0.383 e. The second kappa shape index (κ2) is 6.57. The first-order chi connectivity index (χ1) is 12.2. The van der Waals surface area contributed by atoms with E-state index < -0.39 is 5.60 Å². The predicted molar refractivity (Wildman–Crippen MR) is 92.5 cm³/mol. The third-order valence-electron chi connectivity index (χ3n) is 5.28. The van der Waals surface area contributed by atoms with Crippen molar-refractivity contribution < 1.29 is 9.84 Å². The lowest BCUT2D eigenvalue weighted by atomic mass is 9.78. The third-order valence-corrected chi connectivity index (χ3v) is 5.28. The van der Waals surface area contributed by atoms with Crippen LogP contribution in [0.2, 0.25) is 0 Å². The molecule has 0 saturated carbocycles. The van der Waals surface area contributed by atoms with Gasteiger partial charge in [0, 0.05) is 24.8 Å². The van der Waals surface area contributed by atoms with Crippen LogP contribution in [0.25, 0.3) is 0 Å². The summed E-state index contributed by atoms with van der Waals surface area (Å²) >= 11 is 0. The zero-order valence-corrected chi connectivity index (χ0v) is 14.0. The highest BCUT2D eigenvalue weighted by molar-refractivity contribution is 5.31. The molecule has 25 heavy (non-hydrogen) atoms. The van der Waals surface area contributed by atoms with E-state index in [2.05, 4.69) is 40.2 Å². The Morgan fingerprint density at radius 1 is 1.20 bits per heavy atom. The van der Waals surface area contributed by atoms with Crippen LogP contribution in [0.15, 0.2) is 48.7 Å². The highest BCUT2D eigenvalue weighted by Crippen LogP contribution is 2.41. The Labute approximate surface area is 147 Å². The SMILES string of the molecule is N#Cc1ccnc(C2(O)CC3COCC(C2)N3Cc2ccccc2)c1. The van der Waals surface area contributed by atoms with E-state index in [0.29, 0.717) is 37.3 Å². The van der Waals surface area contributed by atoms with E-state index in [4.69, 9.17) is 10.00 Å². The summed E-state index contributed by atoms with van der Waals surface area (Å²) < 4.78 is 5.75. The second-order valence-electron chi connectivity index (χ2n) is 6.98. The molecule has 2 bridgehead atoms. The van der Waals surface area contributed by atoms with Crippen molar-refractivity contribution in [3.05, 3.63) is 65.5 Å². The summed E-state index contributed by atoms with van der Waals surface area (Å²) in [5, 5.41) is 20.4. The molecule has 1 N–H and O–H groups in total. The molecule has 2 aliphatic heterocycles. The molecule has 2 fully saturated rings. The highest BCUT2D eigenvalue weighted by atomic mass is 16.5. The number of pyridine rings is 1. The average Bonchev–Trinajstić information content (AvgIpc) is 2.64. The molecule has 5 nitrogen and oxygen atoms in total.